The SMILES string of the molecule is Cc1nc(C(C)(C)NC(=O)c2n[nH]c(C)c2[N+](=O)[O-])sc1C. The Kier molecular flexibility index (Phi) is 4.01. The number of nitro groups is 1. The highest BCUT2D eigenvalue weighted by atomic mass is 32.1. The van der Waals surface area contributed by atoms with Gasteiger partial charge in [-0.2, -0.15) is 5.10 Å². The quantitative estimate of drug-likeness (QED) is 0.662. The number of carbonyl (C=O) groups is 1. The lowest BCUT2D eigenvalue weighted by Gasteiger charge is -2.23. The highest BCUT2D eigenvalue weighted by Crippen LogP contribution is 2.28. The largest absolute Gasteiger partial charge is 0.339 e. The van der Waals surface area contributed by atoms with Crippen LogP contribution in [0.2, 0.25) is 0 Å². The molecule has 0 aliphatic carbocycles. The van der Waals surface area contributed by atoms with Crippen molar-refractivity contribution in [1.29, 1.82) is 0 Å². The van der Waals surface area contributed by atoms with Crippen LogP contribution in [-0.4, -0.2) is 26.0 Å². The van der Waals surface area contributed by atoms with E-state index in [1.165, 1.54) is 18.3 Å². The summed E-state index contributed by atoms with van der Waals surface area (Å²) in [4.78, 5) is 28.3. The van der Waals surface area contributed by atoms with Crippen LogP contribution in [-0.2, 0) is 5.54 Å². The molecule has 0 saturated carbocycles. The number of aryl methyl sites for hydroxylation is 3. The van der Waals surface area contributed by atoms with Crippen molar-refractivity contribution in [2.45, 2.75) is 40.2 Å². The number of carbonyl (C=O) groups excluding carboxylic acids is 1. The van der Waals surface area contributed by atoms with E-state index in [4.69, 9.17) is 0 Å². The standard InChI is InChI=1S/C13H17N5O3S/c1-6-8(3)22-12(14-6)13(4,5)15-11(19)9-10(18(20)21)7(2)16-17-9/h1-5H3,(H,15,19)(H,16,17). The number of amides is 1. The van der Waals surface area contributed by atoms with E-state index in [1.54, 1.807) is 13.8 Å². The Balaban J connectivity index is 2.30. The fourth-order valence-corrected chi connectivity index (χ4v) is 2.91. The number of H-pyrrole nitrogens is 1. The molecule has 2 aromatic heterocycles. The third-order valence-electron chi connectivity index (χ3n) is 3.30. The number of nitrogens with zero attached hydrogens (tertiary/aromatic N) is 3. The predicted octanol–water partition coefficient (Wildman–Crippen LogP) is 2.36. The molecule has 2 heterocycles. The van der Waals surface area contributed by atoms with E-state index >= 15 is 0 Å². The summed E-state index contributed by atoms with van der Waals surface area (Å²) in [7, 11) is 0. The van der Waals surface area contributed by atoms with Crippen LogP contribution < -0.4 is 5.32 Å². The van der Waals surface area contributed by atoms with Gasteiger partial charge in [-0.1, -0.05) is 0 Å². The van der Waals surface area contributed by atoms with Crippen molar-refractivity contribution in [3.63, 3.8) is 0 Å². The highest BCUT2D eigenvalue weighted by Gasteiger charge is 2.33. The highest BCUT2D eigenvalue weighted by molar-refractivity contribution is 7.11. The molecule has 118 valence electrons. The minimum absolute atomic E-state index is 0.222. The van der Waals surface area contributed by atoms with Gasteiger partial charge in [0.05, 0.1) is 16.2 Å². The van der Waals surface area contributed by atoms with E-state index in [2.05, 4.69) is 20.5 Å². The van der Waals surface area contributed by atoms with Gasteiger partial charge in [0.1, 0.15) is 10.7 Å². The first-order valence-corrected chi connectivity index (χ1v) is 7.41. The summed E-state index contributed by atoms with van der Waals surface area (Å²) < 4.78 is 0. The molecule has 0 bridgehead atoms. The molecule has 0 atom stereocenters. The lowest BCUT2D eigenvalue weighted by atomic mass is 10.1. The fourth-order valence-electron chi connectivity index (χ4n) is 1.94. The van der Waals surface area contributed by atoms with E-state index in [1.807, 2.05) is 13.8 Å². The predicted molar refractivity (Wildman–Crippen MR) is 82.1 cm³/mol. The van der Waals surface area contributed by atoms with Gasteiger partial charge in [0.25, 0.3) is 5.91 Å². The third kappa shape index (κ3) is 2.84. The van der Waals surface area contributed by atoms with Crippen LogP contribution in [0.15, 0.2) is 0 Å². The summed E-state index contributed by atoms with van der Waals surface area (Å²) in [5.74, 6) is -0.605. The van der Waals surface area contributed by atoms with Crippen molar-refractivity contribution in [3.8, 4) is 0 Å². The summed E-state index contributed by atoms with van der Waals surface area (Å²) in [5.41, 5.74) is -0.125. The summed E-state index contributed by atoms with van der Waals surface area (Å²) in [5, 5.41) is 20.8. The average Bonchev–Trinajstić information content (AvgIpc) is 2.93. The van der Waals surface area contributed by atoms with Crippen LogP contribution in [0.4, 0.5) is 5.69 Å². The van der Waals surface area contributed by atoms with Gasteiger partial charge in [0.15, 0.2) is 0 Å². The molecule has 0 aliphatic rings. The zero-order chi connectivity index (χ0) is 16.7. The van der Waals surface area contributed by atoms with Crippen LogP contribution in [0.3, 0.4) is 0 Å². The molecule has 0 saturated heterocycles. The Bertz CT molecular complexity index is 727. The number of nitrogens with one attached hydrogen (secondary N) is 2. The third-order valence-corrected chi connectivity index (χ3v) is 4.70. The van der Waals surface area contributed by atoms with E-state index < -0.39 is 16.4 Å². The maximum absolute atomic E-state index is 12.3. The van der Waals surface area contributed by atoms with Crippen molar-refractivity contribution in [2.75, 3.05) is 0 Å². The Hall–Kier alpha value is -2.29. The van der Waals surface area contributed by atoms with E-state index in [0.717, 1.165) is 15.6 Å². The molecule has 8 nitrogen and oxygen atoms in total. The second-order valence-electron chi connectivity index (χ2n) is 5.54. The molecular weight excluding hydrogens is 306 g/mol. The van der Waals surface area contributed by atoms with Crippen molar-refractivity contribution in [3.05, 3.63) is 37.1 Å². The molecule has 0 fully saturated rings. The zero-order valence-electron chi connectivity index (χ0n) is 13.0. The molecule has 2 aromatic rings. The van der Waals surface area contributed by atoms with Gasteiger partial charge in [-0.05, 0) is 34.6 Å². The van der Waals surface area contributed by atoms with E-state index in [9.17, 15) is 14.9 Å². The van der Waals surface area contributed by atoms with Crippen LogP contribution in [0.1, 0.15) is 45.6 Å². The topological polar surface area (TPSA) is 114 Å². The smallest absolute Gasteiger partial charge is 0.322 e. The number of hydrogen-bond acceptors (Lipinski definition) is 6. The first kappa shape index (κ1) is 16.1. The number of hydrogen-bond donors (Lipinski definition) is 2. The Morgan fingerprint density at radius 1 is 1.36 bits per heavy atom. The zero-order valence-corrected chi connectivity index (χ0v) is 13.8. The maximum Gasteiger partial charge on any atom is 0.322 e. The second-order valence-corrected chi connectivity index (χ2v) is 6.75. The van der Waals surface area contributed by atoms with Gasteiger partial charge in [-0.15, -0.1) is 11.3 Å². The minimum atomic E-state index is -0.749. The van der Waals surface area contributed by atoms with Crippen LogP contribution in [0.25, 0.3) is 0 Å². The second kappa shape index (κ2) is 5.48. The van der Waals surface area contributed by atoms with Gasteiger partial charge in [0, 0.05) is 4.88 Å². The number of aromatic nitrogens is 3. The molecule has 1 amide bonds. The van der Waals surface area contributed by atoms with Crippen molar-refractivity contribution >= 4 is 22.9 Å². The number of thiazole rings is 1. The van der Waals surface area contributed by atoms with Crippen molar-refractivity contribution in [1.82, 2.24) is 20.5 Å². The number of rotatable bonds is 4. The number of aromatic amines is 1. The molecule has 0 aliphatic heterocycles. The molecule has 9 heteroatoms. The first-order valence-electron chi connectivity index (χ1n) is 6.60. The Labute approximate surface area is 131 Å². The fraction of sp³-hybridized carbons (Fsp3) is 0.462. The summed E-state index contributed by atoms with van der Waals surface area (Å²) >= 11 is 1.49. The molecule has 2 rings (SSSR count). The van der Waals surface area contributed by atoms with Gasteiger partial charge in [-0.3, -0.25) is 20.0 Å². The molecule has 0 aromatic carbocycles. The van der Waals surface area contributed by atoms with Gasteiger partial charge in [0.2, 0.25) is 5.69 Å². The van der Waals surface area contributed by atoms with Crippen LogP contribution in [0.5, 0.6) is 0 Å². The van der Waals surface area contributed by atoms with Crippen molar-refractivity contribution < 1.29 is 9.72 Å². The molecule has 0 radical (unpaired) electrons. The summed E-state index contributed by atoms with van der Waals surface area (Å²) in [6.45, 7) is 8.95. The Morgan fingerprint density at radius 2 is 2.00 bits per heavy atom. The Morgan fingerprint density at radius 3 is 2.50 bits per heavy atom. The minimum Gasteiger partial charge on any atom is -0.339 e. The van der Waals surface area contributed by atoms with Crippen LogP contribution in [0, 0.1) is 30.9 Å². The van der Waals surface area contributed by atoms with E-state index in [0.29, 0.717) is 0 Å². The molecule has 2 N–H and O–H groups in total. The first-order chi connectivity index (χ1) is 10.1. The molecule has 0 spiro atoms. The lowest BCUT2D eigenvalue weighted by molar-refractivity contribution is -0.385. The van der Waals surface area contributed by atoms with Crippen molar-refractivity contribution in [2.24, 2.45) is 0 Å². The molecule has 0 unspecified atom stereocenters. The van der Waals surface area contributed by atoms with Gasteiger partial charge in [-0.25, -0.2) is 4.98 Å². The van der Waals surface area contributed by atoms with E-state index in [-0.39, 0.29) is 17.1 Å². The monoisotopic (exact) mass is 323 g/mol. The normalized spacial score (nSPS) is 11.5. The molecular formula is C13H17N5O3S. The van der Waals surface area contributed by atoms with Gasteiger partial charge < -0.3 is 5.32 Å². The lowest BCUT2D eigenvalue weighted by Crippen LogP contribution is -2.41. The maximum atomic E-state index is 12.3. The van der Waals surface area contributed by atoms with Gasteiger partial charge >= 0.3 is 5.69 Å². The van der Waals surface area contributed by atoms with Crippen LogP contribution >= 0.6 is 11.3 Å². The molecule has 22 heavy (non-hydrogen) atoms. The summed E-state index contributed by atoms with van der Waals surface area (Å²) in [6, 6.07) is 0. The summed E-state index contributed by atoms with van der Waals surface area (Å²) in [6.07, 6.45) is 0. The average molecular weight is 323 g/mol.